The molecule has 0 bridgehead atoms. The standard InChI is InChI=1S/C24H22FN3O3/c25-18-6-2-1-5-17(18)21-15-26-22(30-21)9-10-23(29)28-13-11-16(12-14-28)24-27-19-7-3-4-8-20(19)31-24/h1-8,15-16H,9-14H2. The molecule has 0 radical (unpaired) electrons. The number of piperidine rings is 1. The van der Waals surface area contributed by atoms with Crippen molar-refractivity contribution < 1.29 is 18.0 Å². The summed E-state index contributed by atoms with van der Waals surface area (Å²) in [7, 11) is 0. The van der Waals surface area contributed by atoms with Crippen molar-refractivity contribution in [3.8, 4) is 11.3 Å². The summed E-state index contributed by atoms with van der Waals surface area (Å²) in [4.78, 5) is 23.3. The van der Waals surface area contributed by atoms with Gasteiger partial charge in [0.2, 0.25) is 5.91 Å². The maximum absolute atomic E-state index is 13.9. The fourth-order valence-electron chi connectivity index (χ4n) is 4.02. The number of hydrogen-bond donors (Lipinski definition) is 0. The van der Waals surface area contributed by atoms with Gasteiger partial charge in [0.1, 0.15) is 11.3 Å². The Morgan fingerprint density at radius 2 is 1.84 bits per heavy atom. The third-order valence-corrected chi connectivity index (χ3v) is 5.75. The highest BCUT2D eigenvalue weighted by Crippen LogP contribution is 2.30. The quantitative estimate of drug-likeness (QED) is 0.457. The Bertz CT molecular complexity index is 1170. The van der Waals surface area contributed by atoms with E-state index in [0.717, 1.165) is 29.8 Å². The minimum atomic E-state index is -0.358. The predicted octanol–water partition coefficient (Wildman–Crippen LogP) is 4.96. The number of oxazole rings is 2. The Morgan fingerprint density at radius 1 is 1.06 bits per heavy atom. The Labute approximate surface area is 178 Å². The summed E-state index contributed by atoms with van der Waals surface area (Å²) >= 11 is 0. The minimum absolute atomic E-state index is 0.0710. The van der Waals surface area contributed by atoms with Gasteiger partial charge in [-0.1, -0.05) is 24.3 Å². The second-order valence-electron chi connectivity index (χ2n) is 7.77. The van der Waals surface area contributed by atoms with Crippen LogP contribution in [0.3, 0.4) is 0 Å². The minimum Gasteiger partial charge on any atom is -0.441 e. The van der Waals surface area contributed by atoms with Gasteiger partial charge < -0.3 is 13.7 Å². The van der Waals surface area contributed by atoms with Crippen molar-refractivity contribution in [2.75, 3.05) is 13.1 Å². The van der Waals surface area contributed by atoms with E-state index in [2.05, 4.69) is 9.97 Å². The van der Waals surface area contributed by atoms with Crippen LogP contribution in [0.25, 0.3) is 22.4 Å². The van der Waals surface area contributed by atoms with Crippen LogP contribution in [0.15, 0.2) is 63.6 Å². The zero-order valence-corrected chi connectivity index (χ0v) is 17.0. The first-order valence-corrected chi connectivity index (χ1v) is 10.5. The first-order valence-electron chi connectivity index (χ1n) is 10.5. The van der Waals surface area contributed by atoms with Gasteiger partial charge in [-0.15, -0.1) is 0 Å². The molecule has 31 heavy (non-hydrogen) atoms. The number of para-hydroxylation sites is 2. The van der Waals surface area contributed by atoms with Crippen LogP contribution in [0, 0.1) is 5.82 Å². The normalized spacial score (nSPS) is 14.9. The molecule has 2 aromatic carbocycles. The number of amides is 1. The molecule has 0 unspecified atom stereocenters. The Morgan fingerprint density at radius 3 is 2.65 bits per heavy atom. The third kappa shape index (κ3) is 4.08. The fraction of sp³-hybridized carbons (Fsp3) is 0.292. The van der Waals surface area contributed by atoms with Crippen LogP contribution >= 0.6 is 0 Å². The highest BCUT2D eigenvalue weighted by Gasteiger charge is 2.27. The number of likely N-dealkylation sites (tertiary alicyclic amines) is 1. The van der Waals surface area contributed by atoms with Crippen molar-refractivity contribution in [3.63, 3.8) is 0 Å². The number of benzene rings is 2. The lowest BCUT2D eigenvalue weighted by Crippen LogP contribution is -2.38. The molecule has 1 saturated heterocycles. The molecule has 6 nitrogen and oxygen atoms in total. The molecule has 0 saturated carbocycles. The topological polar surface area (TPSA) is 72.4 Å². The summed E-state index contributed by atoms with van der Waals surface area (Å²) in [6.07, 6.45) is 3.86. The summed E-state index contributed by atoms with van der Waals surface area (Å²) in [5.74, 6) is 1.51. The van der Waals surface area contributed by atoms with Crippen molar-refractivity contribution in [2.24, 2.45) is 0 Å². The van der Waals surface area contributed by atoms with Crippen molar-refractivity contribution in [1.82, 2.24) is 14.9 Å². The molecule has 1 aliphatic heterocycles. The Kier molecular flexibility index (Phi) is 5.24. The third-order valence-electron chi connectivity index (χ3n) is 5.75. The summed E-state index contributed by atoms with van der Waals surface area (Å²) in [5, 5.41) is 0. The SMILES string of the molecule is O=C(CCc1ncc(-c2ccccc2F)o1)N1CCC(c2nc3ccccc3o2)CC1. The second-order valence-corrected chi connectivity index (χ2v) is 7.77. The van der Waals surface area contributed by atoms with Gasteiger partial charge in [-0.3, -0.25) is 4.79 Å². The lowest BCUT2D eigenvalue weighted by molar-refractivity contribution is -0.132. The van der Waals surface area contributed by atoms with E-state index in [9.17, 15) is 9.18 Å². The summed E-state index contributed by atoms with van der Waals surface area (Å²) in [5.41, 5.74) is 2.04. The molecule has 1 fully saturated rings. The lowest BCUT2D eigenvalue weighted by Gasteiger charge is -2.30. The molecule has 3 heterocycles. The molecule has 5 rings (SSSR count). The van der Waals surface area contributed by atoms with E-state index in [-0.39, 0.29) is 17.6 Å². The van der Waals surface area contributed by atoms with Crippen LogP contribution in [0.1, 0.15) is 37.0 Å². The van der Waals surface area contributed by atoms with Crippen LogP contribution in [-0.2, 0) is 11.2 Å². The zero-order valence-electron chi connectivity index (χ0n) is 17.0. The van der Waals surface area contributed by atoms with Gasteiger partial charge in [-0.05, 0) is 37.1 Å². The number of nitrogens with zero attached hydrogens (tertiary/aromatic N) is 3. The highest BCUT2D eigenvalue weighted by atomic mass is 19.1. The first-order chi connectivity index (χ1) is 15.2. The zero-order chi connectivity index (χ0) is 21.2. The van der Waals surface area contributed by atoms with Gasteiger partial charge in [-0.25, -0.2) is 14.4 Å². The lowest BCUT2D eigenvalue weighted by atomic mass is 9.96. The van der Waals surface area contributed by atoms with E-state index in [1.54, 1.807) is 18.2 Å². The maximum Gasteiger partial charge on any atom is 0.223 e. The van der Waals surface area contributed by atoms with Gasteiger partial charge in [0.15, 0.2) is 23.1 Å². The molecule has 0 N–H and O–H groups in total. The van der Waals surface area contributed by atoms with Gasteiger partial charge in [0, 0.05) is 31.8 Å². The largest absolute Gasteiger partial charge is 0.441 e. The number of carbonyl (C=O) groups is 1. The van der Waals surface area contributed by atoms with Gasteiger partial charge in [-0.2, -0.15) is 0 Å². The fourth-order valence-corrected chi connectivity index (χ4v) is 4.02. The molecule has 7 heteroatoms. The number of fused-ring (bicyclic) bond motifs is 1. The first kappa shape index (κ1) is 19.5. The highest BCUT2D eigenvalue weighted by molar-refractivity contribution is 5.76. The van der Waals surface area contributed by atoms with E-state index < -0.39 is 0 Å². The monoisotopic (exact) mass is 419 g/mol. The van der Waals surface area contributed by atoms with Crippen molar-refractivity contribution in [2.45, 2.75) is 31.6 Å². The number of hydrogen-bond acceptors (Lipinski definition) is 5. The molecular formula is C24H22FN3O3. The van der Waals surface area contributed by atoms with Crippen LogP contribution in [0.5, 0.6) is 0 Å². The number of rotatable bonds is 5. The van der Waals surface area contributed by atoms with E-state index >= 15 is 0 Å². The molecule has 4 aromatic rings. The summed E-state index contributed by atoms with van der Waals surface area (Å²) in [6.45, 7) is 1.35. The number of halogens is 1. The van der Waals surface area contributed by atoms with Crippen LogP contribution in [-0.4, -0.2) is 33.9 Å². The number of aryl methyl sites for hydroxylation is 1. The van der Waals surface area contributed by atoms with Crippen LogP contribution in [0.4, 0.5) is 4.39 Å². The van der Waals surface area contributed by atoms with E-state index in [1.165, 1.54) is 12.3 Å². The Balaban J connectivity index is 1.15. The molecule has 1 amide bonds. The predicted molar refractivity (Wildman–Crippen MR) is 113 cm³/mol. The molecule has 2 aromatic heterocycles. The van der Waals surface area contributed by atoms with Gasteiger partial charge in [0.05, 0.1) is 11.8 Å². The van der Waals surface area contributed by atoms with Crippen LogP contribution in [0.2, 0.25) is 0 Å². The smallest absolute Gasteiger partial charge is 0.223 e. The molecule has 1 aliphatic rings. The van der Waals surface area contributed by atoms with E-state index in [1.807, 2.05) is 29.2 Å². The maximum atomic E-state index is 13.9. The van der Waals surface area contributed by atoms with Crippen LogP contribution < -0.4 is 0 Å². The van der Waals surface area contributed by atoms with Gasteiger partial charge in [0.25, 0.3) is 0 Å². The molecule has 0 spiro atoms. The van der Waals surface area contributed by atoms with E-state index in [4.69, 9.17) is 8.83 Å². The van der Waals surface area contributed by atoms with Gasteiger partial charge >= 0.3 is 0 Å². The molecular weight excluding hydrogens is 397 g/mol. The van der Waals surface area contributed by atoms with Crippen molar-refractivity contribution in [3.05, 3.63) is 72.3 Å². The average Bonchev–Trinajstić information content (AvgIpc) is 3.45. The molecule has 158 valence electrons. The number of aromatic nitrogens is 2. The van der Waals surface area contributed by atoms with E-state index in [0.29, 0.717) is 43.1 Å². The molecule has 0 aliphatic carbocycles. The van der Waals surface area contributed by atoms with Crippen molar-refractivity contribution in [1.29, 1.82) is 0 Å². The Hall–Kier alpha value is -3.48. The average molecular weight is 419 g/mol. The van der Waals surface area contributed by atoms with Crippen molar-refractivity contribution >= 4 is 17.0 Å². The number of carbonyl (C=O) groups excluding carboxylic acids is 1. The molecule has 0 atom stereocenters. The second kappa shape index (κ2) is 8.34. The summed E-state index contributed by atoms with van der Waals surface area (Å²) in [6, 6.07) is 14.1. The summed E-state index contributed by atoms with van der Waals surface area (Å²) < 4.78 is 25.4.